The SMILES string of the molecule is O=C1CC(Br)CN1c1cc(Br)cnc1Cl. The smallest absolute Gasteiger partial charge is 0.228 e. The number of alkyl halides is 1. The van der Waals surface area contributed by atoms with Crippen molar-refractivity contribution in [1.29, 1.82) is 0 Å². The molecule has 3 nitrogen and oxygen atoms in total. The summed E-state index contributed by atoms with van der Waals surface area (Å²) in [6, 6.07) is 1.80. The third-order valence-electron chi connectivity index (χ3n) is 2.16. The average Bonchev–Trinajstić information content (AvgIpc) is 2.50. The van der Waals surface area contributed by atoms with Crippen molar-refractivity contribution in [3.8, 4) is 0 Å². The summed E-state index contributed by atoms with van der Waals surface area (Å²) in [7, 11) is 0. The summed E-state index contributed by atoms with van der Waals surface area (Å²) >= 11 is 12.7. The Kier molecular flexibility index (Phi) is 3.33. The number of hydrogen-bond donors (Lipinski definition) is 0. The van der Waals surface area contributed by atoms with Gasteiger partial charge in [-0.3, -0.25) is 4.79 Å². The van der Waals surface area contributed by atoms with E-state index in [0.29, 0.717) is 23.8 Å². The molecule has 0 radical (unpaired) electrons. The molecule has 1 saturated heterocycles. The van der Waals surface area contributed by atoms with E-state index < -0.39 is 0 Å². The van der Waals surface area contributed by atoms with E-state index >= 15 is 0 Å². The van der Waals surface area contributed by atoms with Crippen molar-refractivity contribution in [2.45, 2.75) is 11.2 Å². The van der Waals surface area contributed by atoms with Crippen LogP contribution in [0.4, 0.5) is 5.69 Å². The Morgan fingerprint density at radius 3 is 2.93 bits per heavy atom. The van der Waals surface area contributed by atoms with Crippen LogP contribution >= 0.6 is 43.5 Å². The van der Waals surface area contributed by atoms with Crippen LogP contribution in [0.15, 0.2) is 16.7 Å². The van der Waals surface area contributed by atoms with Gasteiger partial charge in [-0.25, -0.2) is 4.98 Å². The molecule has 2 heterocycles. The van der Waals surface area contributed by atoms with Gasteiger partial charge in [0.05, 0.1) is 5.69 Å². The highest BCUT2D eigenvalue weighted by molar-refractivity contribution is 9.10. The highest BCUT2D eigenvalue weighted by atomic mass is 79.9. The van der Waals surface area contributed by atoms with Crippen LogP contribution < -0.4 is 4.90 Å². The van der Waals surface area contributed by atoms with E-state index in [-0.39, 0.29) is 10.7 Å². The number of rotatable bonds is 1. The average molecular weight is 354 g/mol. The number of aromatic nitrogens is 1. The molecule has 0 bridgehead atoms. The highest BCUT2D eigenvalue weighted by Crippen LogP contribution is 2.31. The van der Waals surface area contributed by atoms with E-state index in [4.69, 9.17) is 11.6 Å². The fourth-order valence-electron chi connectivity index (χ4n) is 1.50. The third kappa shape index (κ3) is 2.34. The van der Waals surface area contributed by atoms with Crippen molar-refractivity contribution in [3.05, 3.63) is 21.9 Å². The van der Waals surface area contributed by atoms with E-state index in [9.17, 15) is 4.79 Å². The molecule has 1 atom stereocenters. The van der Waals surface area contributed by atoms with Crippen molar-refractivity contribution in [3.63, 3.8) is 0 Å². The van der Waals surface area contributed by atoms with Gasteiger partial charge < -0.3 is 4.90 Å². The summed E-state index contributed by atoms with van der Waals surface area (Å²) in [4.78, 5) is 17.5. The molecule has 1 aromatic rings. The Balaban J connectivity index is 2.37. The van der Waals surface area contributed by atoms with Crippen molar-refractivity contribution in [1.82, 2.24) is 4.98 Å². The van der Waals surface area contributed by atoms with Crippen LogP contribution in [0.1, 0.15) is 6.42 Å². The lowest BCUT2D eigenvalue weighted by Gasteiger charge is -2.16. The van der Waals surface area contributed by atoms with Gasteiger partial charge in [0.1, 0.15) is 0 Å². The van der Waals surface area contributed by atoms with Crippen LogP contribution in [0.3, 0.4) is 0 Å². The molecule has 1 fully saturated rings. The van der Waals surface area contributed by atoms with Gasteiger partial charge in [-0.05, 0) is 22.0 Å². The predicted octanol–water partition coefficient (Wildman–Crippen LogP) is 3.00. The first kappa shape index (κ1) is 11.4. The van der Waals surface area contributed by atoms with Crippen LogP contribution in [-0.2, 0) is 4.79 Å². The van der Waals surface area contributed by atoms with E-state index in [1.54, 1.807) is 17.2 Å². The van der Waals surface area contributed by atoms with Crippen molar-refractivity contribution in [2.75, 3.05) is 11.4 Å². The molecule has 15 heavy (non-hydrogen) atoms. The van der Waals surface area contributed by atoms with Gasteiger partial charge in [-0.2, -0.15) is 0 Å². The summed E-state index contributed by atoms with van der Waals surface area (Å²) in [5.41, 5.74) is 0.665. The Hall–Kier alpha value is -0.130. The van der Waals surface area contributed by atoms with E-state index in [1.807, 2.05) is 0 Å². The Morgan fingerprint density at radius 2 is 2.33 bits per heavy atom. The number of carbonyl (C=O) groups excluding carboxylic acids is 1. The number of nitrogens with zero attached hydrogens (tertiary/aromatic N) is 2. The van der Waals surface area contributed by atoms with Gasteiger partial charge >= 0.3 is 0 Å². The quantitative estimate of drug-likeness (QED) is 0.574. The number of halogens is 3. The van der Waals surface area contributed by atoms with Gasteiger partial charge in [0.15, 0.2) is 5.15 Å². The van der Waals surface area contributed by atoms with Crippen LogP contribution in [0, 0.1) is 0 Å². The molecule has 80 valence electrons. The molecular formula is C9H7Br2ClN2O. The topological polar surface area (TPSA) is 33.2 Å². The number of amides is 1. The molecule has 0 aromatic carbocycles. The number of anilines is 1. The third-order valence-corrected chi connectivity index (χ3v) is 3.49. The fraction of sp³-hybridized carbons (Fsp3) is 0.333. The zero-order chi connectivity index (χ0) is 11.0. The molecular weight excluding hydrogens is 347 g/mol. The highest BCUT2D eigenvalue weighted by Gasteiger charge is 2.30. The molecule has 1 unspecified atom stereocenters. The Morgan fingerprint density at radius 1 is 1.60 bits per heavy atom. The minimum atomic E-state index is 0.0682. The largest absolute Gasteiger partial charge is 0.308 e. The van der Waals surface area contributed by atoms with E-state index in [1.165, 1.54) is 0 Å². The zero-order valence-electron chi connectivity index (χ0n) is 7.58. The number of pyridine rings is 1. The molecule has 2 rings (SSSR count). The lowest BCUT2D eigenvalue weighted by molar-refractivity contribution is -0.117. The first-order chi connectivity index (χ1) is 7.08. The maximum atomic E-state index is 11.6. The van der Waals surface area contributed by atoms with Gasteiger partial charge in [-0.15, -0.1) is 0 Å². The second kappa shape index (κ2) is 4.39. The Labute approximate surface area is 109 Å². The van der Waals surface area contributed by atoms with Crippen LogP contribution in [0.5, 0.6) is 0 Å². The van der Waals surface area contributed by atoms with E-state index in [2.05, 4.69) is 36.8 Å². The van der Waals surface area contributed by atoms with Crippen molar-refractivity contribution >= 4 is 55.1 Å². The van der Waals surface area contributed by atoms with E-state index in [0.717, 1.165) is 4.47 Å². The van der Waals surface area contributed by atoms with Gasteiger partial charge in [-0.1, -0.05) is 27.5 Å². The minimum absolute atomic E-state index is 0.0682. The predicted molar refractivity (Wildman–Crippen MR) is 66.6 cm³/mol. The van der Waals surface area contributed by atoms with Gasteiger partial charge in [0, 0.05) is 28.5 Å². The lowest BCUT2D eigenvalue weighted by atomic mass is 10.4. The molecule has 1 aliphatic rings. The number of hydrogen-bond acceptors (Lipinski definition) is 2. The minimum Gasteiger partial charge on any atom is -0.308 e. The molecule has 0 aliphatic carbocycles. The standard InChI is InChI=1S/C9H7Br2ClN2O/c10-5-1-7(9(12)13-3-5)14-4-6(11)2-8(14)15/h1,3,6H,2,4H2. The molecule has 6 heteroatoms. The molecule has 1 amide bonds. The summed E-state index contributed by atoms with van der Waals surface area (Å²) in [6.07, 6.45) is 2.11. The van der Waals surface area contributed by atoms with Crippen molar-refractivity contribution in [2.24, 2.45) is 0 Å². The van der Waals surface area contributed by atoms with Crippen LogP contribution in [0.25, 0.3) is 0 Å². The number of carbonyl (C=O) groups is 1. The second-order valence-electron chi connectivity index (χ2n) is 3.27. The molecule has 1 aliphatic heterocycles. The first-order valence-corrected chi connectivity index (χ1v) is 6.42. The molecule has 0 spiro atoms. The van der Waals surface area contributed by atoms with Crippen LogP contribution in [0.2, 0.25) is 5.15 Å². The summed E-state index contributed by atoms with van der Waals surface area (Å²) in [5.74, 6) is 0.0682. The summed E-state index contributed by atoms with van der Waals surface area (Å²) in [6.45, 7) is 0.636. The fourth-order valence-corrected chi connectivity index (χ4v) is 2.59. The maximum absolute atomic E-state index is 11.6. The zero-order valence-corrected chi connectivity index (χ0v) is 11.5. The summed E-state index contributed by atoms with van der Waals surface area (Å²) in [5, 5.41) is 0.355. The van der Waals surface area contributed by atoms with Crippen molar-refractivity contribution < 1.29 is 4.79 Å². The molecule has 0 N–H and O–H groups in total. The maximum Gasteiger partial charge on any atom is 0.228 e. The molecule has 0 saturated carbocycles. The first-order valence-electron chi connectivity index (χ1n) is 4.33. The molecule has 1 aromatic heterocycles. The normalized spacial score (nSPS) is 21.1. The van der Waals surface area contributed by atoms with Gasteiger partial charge in [0.2, 0.25) is 5.91 Å². The monoisotopic (exact) mass is 352 g/mol. The summed E-state index contributed by atoms with van der Waals surface area (Å²) < 4.78 is 0.813. The Bertz CT molecular complexity index is 413. The van der Waals surface area contributed by atoms with Gasteiger partial charge in [0.25, 0.3) is 0 Å². The lowest BCUT2D eigenvalue weighted by Crippen LogP contribution is -2.25. The van der Waals surface area contributed by atoms with Crippen LogP contribution in [-0.4, -0.2) is 22.3 Å². The second-order valence-corrected chi connectivity index (χ2v) is 5.84.